The second kappa shape index (κ2) is 10.2. The van der Waals surface area contributed by atoms with Crippen molar-refractivity contribution in [1.29, 1.82) is 0 Å². The van der Waals surface area contributed by atoms with Gasteiger partial charge in [0.1, 0.15) is 5.76 Å². The summed E-state index contributed by atoms with van der Waals surface area (Å²) in [6, 6.07) is 19.2. The van der Waals surface area contributed by atoms with Gasteiger partial charge in [-0.15, -0.1) is 0 Å². The summed E-state index contributed by atoms with van der Waals surface area (Å²) in [5, 5.41) is 2.89. The zero-order valence-corrected chi connectivity index (χ0v) is 17.8. The Morgan fingerprint density at radius 2 is 1.73 bits per heavy atom. The van der Waals surface area contributed by atoms with Crippen molar-refractivity contribution in [1.82, 2.24) is 9.62 Å². The van der Waals surface area contributed by atoms with E-state index in [9.17, 15) is 13.2 Å². The number of nitrogens with zero attached hydrogens (tertiary/aromatic N) is 1. The Morgan fingerprint density at radius 1 is 1.00 bits per heavy atom. The monoisotopic (exact) mass is 426 g/mol. The van der Waals surface area contributed by atoms with Crippen LogP contribution in [0.1, 0.15) is 35.0 Å². The highest BCUT2D eigenvalue weighted by Crippen LogP contribution is 2.18. The maximum atomic E-state index is 12.8. The first-order chi connectivity index (χ1) is 14.5. The van der Waals surface area contributed by atoms with Crippen LogP contribution >= 0.6 is 0 Å². The van der Waals surface area contributed by atoms with Gasteiger partial charge in [0.05, 0.1) is 11.2 Å². The van der Waals surface area contributed by atoms with E-state index in [0.717, 1.165) is 24.2 Å². The van der Waals surface area contributed by atoms with Crippen LogP contribution in [0.2, 0.25) is 0 Å². The number of carbonyl (C=O) groups is 1. The molecule has 6 nitrogen and oxygen atoms in total. The van der Waals surface area contributed by atoms with Crippen LogP contribution in [0.4, 0.5) is 0 Å². The lowest BCUT2D eigenvalue weighted by atomic mass is 10.1. The number of aryl methyl sites for hydroxylation is 1. The molecular formula is C23H26N2O4S. The zero-order valence-electron chi connectivity index (χ0n) is 17.0. The van der Waals surface area contributed by atoms with Crippen molar-refractivity contribution in [2.24, 2.45) is 0 Å². The lowest BCUT2D eigenvalue weighted by molar-refractivity contribution is 0.0953. The second-order valence-corrected chi connectivity index (χ2v) is 8.82. The van der Waals surface area contributed by atoms with Gasteiger partial charge in [0, 0.05) is 31.6 Å². The van der Waals surface area contributed by atoms with E-state index in [1.165, 1.54) is 4.31 Å². The molecule has 0 atom stereocenters. The molecule has 30 heavy (non-hydrogen) atoms. The van der Waals surface area contributed by atoms with E-state index in [-0.39, 0.29) is 17.3 Å². The summed E-state index contributed by atoms with van der Waals surface area (Å²) >= 11 is 0. The van der Waals surface area contributed by atoms with E-state index in [0.29, 0.717) is 18.7 Å². The normalized spacial score (nSPS) is 11.5. The van der Waals surface area contributed by atoms with Crippen molar-refractivity contribution in [2.45, 2.75) is 31.2 Å². The molecule has 3 aromatic rings. The highest BCUT2D eigenvalue weighted by Gasteiger charge is 2.22. The van der Waals surface area contributed by atoms with Gasteiger partial charge in [-0.2, -0.15) is 4.31 Å². The molecule has 1 amide bonds. The number of rotatable bonds is 10. The molecule has 0 aliphatic carbocycles. The van der Waals surface area contributed by atoms with E-state index < -0.39 is 10.0 Å². The smallest absolute Gasteiger partial charge is 0.251 e. The third-order valence-electron chi connectivity index (χ3n) is 4.77. The van der Waals surface area contributed by atoms with Crippen LogP contribution in [-0.2, 0) is 23.0 Å². The molecule has 0 fully saturated rings. The maximum absolute atomic E-state index is 12.8. The van der Waals surface area contributed by atoms with Gasteiger partial charge in [-0.25, -0.2) is 8.42 Å². The summed E-state index contributed by atoms with van der Waals surface area (Å²) < 4.78 is 32.4. The van der Waals surface area contributed by atoms with Gasteiger partial charge in [0.25, 0.3) is 5.91 Å². The van der Waals surface area contributed by atoms with E-state index in [1.54, 1.807) is 60.9 Å². The van der Waals surface area contributed by atoms with Crippen LogP contribution in [-0.4, -0.2) is 31.7 Å². The Balaban J connectivity index is 1.55. The third-order valence-corrected chi connectivity index (χ3v) is 6.71. The summed E-state index contributed by atoms with van der Waals surface area (Å²) in [5.74, 6) is 0.754. The SMILES string of the molecule is CCN(Cc1ccc(C(=O)NCCCc2ccco2)cc1)S(=O)(=O)c1ccccc1. The average Bonchev–Trinajstić information content (AvgIpc) is 3.29. The molecule has 0 aliphatic rings. The Morgan fingerprint density at radius 3 is 2.37 bits per heavy atom. The van der Waals surface area contributed by atoms with Crippen LogP contribution in [0.15, 0.2) is 82.3 Å². The van der Waals surface area contributed by atoms with E-state index in [1.807, 2.05) is 19.1 Å². The molecule has 0 bridgehead atoms. The number of amides is 1. The van der Waals surface area contributed by atoms with Gasteiger partial charge in [0.15, 0.2) is 0 Å². The first-order valence-electron chi connectivity index (χ1n) is 9.95. The molecule has 7 heteroatoms. The van der Waals surface area contributed by atoms with Crippen LogP contribution in [0, 0.1) is 0 Å². The number of nitrogens with one attached hydrogen (secondary N) is 1. The van der Waals surface area contributed by atoms with Crippen LogP contribution in [0.25, 0.3) is 0 Å². The summed E-state index contributed by atoms with van der Waals surface area (Å²) in [4.78, 5) is 12.6. The van der Waals surface area contributed by atoms with Crippen molar-refractivity contribution in [3.63, 3.8) is 0 Å². The molecule has 0 saturated carbocycles. The number of carbonyl (C=O) groups excluding carboxylic acids is 1. The minimum atomic E-state index is -3.56. The van der Waals surface area contributed by atoms with Gasteiger partial charge in [-0.1, -0.05) is 37.3 Å². The Hall–Kier alpha value is -2.90. The molecule has 2 aromatic carbocycles. The van der Waals surface area contributed by atoms with Crippen LogP contribution in [0.5, 0.6) is 0 Å². The summed E-state index contributed by atoms with van der Waals surface area (Å²) in [6.07, 6.45) is 3.20. The maximum Gasteiger partial charge on any atom is 0.251 e. The van der Waals surface area contributed by atoms with Crippen LogP contribution in [0.3, 0.4) is 0 Å². The molecule has 1 N–H and O–H groups in total. The molecule has 0 aliphatic heterocycles. The fourth-order valence-corrected chi connectivity index (χ4v) is 4.55. The first kappa shape index (κ1) is 21.8. The predicted octanol–water partition coefficient (Wildman–Crippen LogP) is 3.85. The third kappa shape index (κ3) is 5.58. The van der Waals surface area contributed by atoms with E-state index >= 15 is 0 Å². The minimum Gasteiger partial charge on any atom is -0.469 e. The highest BCUT2D eigenvalue weighted by atomic mass is 32.2. The summed E-state index contributed by atoms with van der Waals surface area (Å²) in [6.45, 7) is 2.97. The predicted molar refractivity (Wildman–Crippen MR) is 116 cm³/mol. The number of furan rings is 1. The number of hydrogen-bond donors (Lipinski definition) is 1. The fourth-order valence-electron chi connectivity index (χ4n) is 3.09. The van der Waals surface area contributed by atoms with Gasteiger partial charge in [-0.3, -0.25) is 4.79 Å². The van der Waals surface area contributed by atoms with Crippen molar-refractivity contribution >= 4 is 15.9 Å². The summed E-state index contributed by atoms with van der Waals surface area (Å²) in [5.41, 5.74) is 1.37. The van der Waals surface area contributed by atoms with E-state index in [2.05, 4.69) is 5.32 Å². The van der Waals surface area contributed by atoms with Gasteiger partial charge >= 0.3 is 0 Å². The molecule has 0 spiro atoms. The number of hydrogen-bond acceptors (Lipinski definition) is 4. The molecule has 3 rings (SSSR count). The Labute approximate surface area is 177 Å². The first-order valence-corrected chi connectivity index (χ1v) is 11.4. The van der Waals surface area contributed by atoms with Crippen molar-refractivity contribution in [2.75, 3.05) is 13.1 Å². The van der Waals surface area contributed by atoms with Gasteiger partial charge in [0.2, 0.25) is 10.0 Å². The standard InChI is InChI=1S/C23H26N2O4S/c1-2-25(30(27,28)22-10-4-3-5-11-22)18-19-12-14-20(15-13-19)23(26)24-16-6-8-21-9-7-17-29-21/h3-5,7,9-15,17H,2,6,8,16,18H2,1H3,(H,24,26). The number of sulfonamides is 1. The molecule has 1 heterocycles. The molecular weight excluding hydrogens is 400 g/mol. The quantitative estimate of drug-likeness (QED) is 0.500. The lowest BCUT2D eigenvalue weighted by Gasteiger charge is -2.20. The molecule has 1 aromatic heterocycles. The average molecular weight is 427 g/mol. The lowest BCUT2D eigenvalue weighted by Crippen LogP contribution is -2.30. The van der Waals surface area contributed by atoms with Gasteiger partial charge < -0.3 is 9.73 Å². The molecule has 0 unspecified atom stereocenters. The molecule has 0 saturated heterocycles. The Bertz CT molecular complexity index is 1030. The largest absolute Gasteiger partial charge is 0.469 e. The van der Waals surface area contributed by atoms with Crippen molar-refractivity contribution in [3.05, 3.63) is 89.9 Å². The van der Waals surface area contributed by atoms with E-state index in [4.69, 9.17) is 4.42 Å². The second-order valence-electron chi connectivity index (χ2n) is 6.88. The zero-order chi connectivity index (χ0) is 21.4. The number of benzene rings is 2. The fraction of sp³-hybridized carbons (Fsp3) is 0.261. The molecule has 158 valence electrons. The Kier molecular flexibility index (Phi) is 7.43. The van der Waals surface area contributed by atoms with Crippen molar-refractivity contribution in [3.8, 4) is 0 Å². The van der Waals surface area contributed by atoms with Gasteiger partial charge in [-0.05, 0) is 48.4 Å². The van der Waals surface area contributed by atoms with Crippen LogP contribution < -0.4 is 5.32 Å². The van der Waals surface area contributed by atoms with Crippen molar-refractivity contribution < 1.29 is 17.6 Å². The minimum absolute atomic E-state index is 0.148. The topological polar surface area (TPSA) is 79.6 Å². The highest BCUT2D eigenvalue weighted by molar-refractivity contribution is 7.89. The summed E-state index contributed by atoms with van der Waals surface area (Å²) in [7, 11) is -3.56. The molecule has 0 radical (unpaired) electrons.